The van der Waals surface area contributed by atoms with Gasteiger partial charge in [-0.3, -0.25) is 4.79 Å². The molecule has 1 aromatic heterocycles. The molecule has 0 aliphatic heterocycles. The second-order valence-electron chi connectivity index (χ2n) is 3.50. The Morgan fingerprint density at radius 1 is 1.53 bits per heavy atom. The molecule has 0 bridgehead atoms. The average molecular weight is 311 g/mol. The lowest BCUT2D eigenvalue weighted by molar-refractivity contribution is -0.142. The third-order valence-electron chi connectivity index (χ3n) is 1.93. The van der Waals surface area contributed by atoms with Gasteiger partial charge < -0.3 is 5.32 Å². The van der Waals surface area contributed by atoms with Crippen LogP contribution in [0.15, 0.2) is 16.9 Å². The van der Waals surface area contributed by atoms with Crippen molar-refractivity contribution in [1.29, 1.82) is 0 Å². The highest BCUT2D eigenvalue weighted by molar-refractivity contribution is 9.10. The largest absolute Gasteiger partial charge is 0.389 e. The first-order valence-corrected chi connectivity index (χ1v) is 5.56. The predicted octanol–water partition coefficient (Wildman–Crippen LogP) is 3.43. The molecule has 1 N–H and O–H groups in total. The van der Waals surface area contributed by atoms with Gasteiger partial charge in [-0.2, -0.15) is 13.2 Å². The highest BCUT2D eigenvalue weighted by Gasteiger charge is 2.27. The third kappa shape index (κ3) is 5.16. The van der Waals surface area contributed by atoms with Crippen LogP contribution in [-0.2, 0) is 4.79 Å². The smallest absolute Gasteiger partial charge is 0.325 e. The van der Waals surface area contributed by atoms with Crippen LogP contribution in [0.1, 0.15) is 18.4 Å². The summed E-state index contributed by atoms with van der Waals surface area (Å²) in [7, 11) is 0. The van der Waals surface area contributed by atoms with Gasteiger partial charge in [-0.25, -0.2) is 4.98 Å². The van der Waals surface area contributed by atoms with Gasteiger partial charge in [-0.05, 0) is 34.5 Å². The number of nitrogens with one attached hydrogen (secondary N) is 1. The van der Waals surface area contributed by atoms with Gasteiger partial charge in [0.2, 0.25) is 5.91 Å². The van der Waals surface area contributed by atoms with Crippen molar-refractivity contribution in [1.82, 2.24) is 4.98 Å². The Morgan fingerprint density at radius 2 is 2.18 bits per heavy atom. The van der Waals surface area contributed by atoms with Crippen LogP contribution in [0.25, 0.3) is 0 Å². The Kier molecular flexibility index (Phi) is 4.50. The zero-order chi connectivity index (χ0) is 13.1. The molecule has 7 heteroatoms. The molecular formula is C10H10BrF3N2O. The van der Waals surface area contributed by atoms with E-state index in [9.17, 15) is 18.0 Å². The Bertz CT molecular complexity index is 421. The van der Waals surface area contributed by atoms with Gasteiger partial charge >= 0.3 is 6.18 Å². The molecule has 0 aliphatic rings. The van der Waals surface area contributed by atoms with E-state index in [4.69, 9.17) is 0 Å². The van der Waals surface area contributed by atoms with E-state index in [0.29, 0.717) is 10.3 Å². The third-order valence-corrected chi connectivity index (χ3v) is 2.76. The van der Waals surface area contributed by atoms with Crippen LogP contribution < -0.4 is 5.32 Å². The number of amides is 1. The summed E-state index contributed by atoms with van der Waals surface area (Å²) in [5.74, 6) is -0.675. The number of halogens is 4. The van der Waals surface area contributed by atoms with Crippen LogP contribution >= 0.6 is 15.9 Å². The van der Waals surface area contributed by atoms with Crippen LogP contribution in [0.5, 0.6) is 0 Å². The first-order chi connectivity index (χ1) is 7.78. The van der Waals surface area contributed by atoms with Crippen molar-refractivity contribution < 1.29 is 18.0 Å². The number of hydrogen-bond acceptors (Lipinski definition) is 2. The van der Waals surface area contributed by atoms with Crippen molar-refractivity contribution in [2.24, 2.45) is 0 Å². The molecule has 1 rings (SSSR count). The van der Waals surface area contributed by atoms with Crippen LogP contribution in [0.2, 0.25) is 0 Å². The van der Waals surface area contributed by atoms with Gasteiger partial charge in [0.05, 0.1) is 18.3 Å². The highest BCUT2D eigenvalue weighted by Crippen LogP contribution is 2.22. The minimum absolute atomic E-state index is 0.387. The number of nitrogens with zero attached hydrogens (tertiary/aromatic N) is 1. The average Bonchev–Trinajstić information content (AvgIpc) is 2.20. The van der Waals surface area contributed by atoms with Crippen LogP contribution in [-0.4, -0.2) is 17.1 Å². The second-order valence-corrected chi connectivity index (χ2v) is 4.25. The van der Waals surface area contributed by atoms with Crippen LogP contribution in [0, 0.1) is 6.92 Å². The lowest BCUT2D eigenvalue weighted by Gasteiger charge is -2.08. The minimum Gasteiger partial charge on any atom is -0.325 e. The van der Waals surface area contributed by atoms with Gasteiger partial charge in [0.25, 0.3) is 0 Å². The molecule has 0 aliphatic carbocycles. The molecule has 1 heterocycles. The van der Waals surface area contributed by atoms with Crippen molar-refractivity contribution in [3.63, 3.8) is 0 Å². The SMILES string of the molecule is Cc1cc(NC(=O)CCC(F)(F)F)cnc1Br. The summed E-state index contributed by atoms with van der Waals surface area (Å²) in [6.45, 7) is 1.77. The number of hydrogen-bond donors (Lipinski definition) is 1. The zero-order valence-corrected chi connectivity index (χ0v) is 10.5. The molecule has 0 fully saturated rings. The van der Waals surface area contributed by atoms with Crippen LogP contribution in [0.3, 0.4) is 0 Å². The molecule has 1 amide bonds. The zero-order valence-electron chi connectivity index (χ0n) is 8.94. The fourth-order valence-corrected chi connectivity index (χ4v) is 1.32. The quantitative estimate of drug-likeness (QED) is 0.869. The number of aromatic nitrogens is 1. The number of rotatable bonds is 3. The van der Waals surface area contributed by atoms with E-state index in [1.54, 1.807) is 13.0 Å². The predicted molar refractivity (Wildman–Crippen MR) is 60.6 cm³/mol. The summed E-state index contributed by atoms with van der Waals surface area (Å²) < 4.78 is 36.3. The summed E-state index contributed by atoms with van der Waals surface area (Å²) in [5, 5.41) is 2.36. The number of pyridine rings is 1. The molecule has 1 aromatic rings. The molecule has 94 valence electrons. The van der Waals surface area contributed by atoms with Gasteiger partial charge in [0.15, 0.2) is 0 Å². The van der Waals surface area contributed by atoms with E-state index in [2.05, 4.69) is 26.2 Å². The molecule has 3 nitrogen and oxygen atoms in total. The van der Waals surface area contributed by atoms with Gasteiger partial charge in [-0.15, -0.1) is 0 Å². The molecule has 0 aromatic carbocycles. The van der Waals surface area contributed by atoms with Crippen molar-refractivity contribution in [2.75, 3.05) is 5.32 Å². The Labute approximate surface area is 105 Å². The van der Waals surface area contributed by atoms with Crippen molar-refractivity contribution in [3.05, 3.63) is 22.4 Å². The molecule has 0 saturated heterocycles. The number of alkyl halides is 3. The number of anilines is 1. The van der Waals surface area contributed by atoms with E-state index < -0.39 is 24.9 Å². The molecular weight excluding hydrogens is 301 g/mol. The van der Waals surface area contributed by atoms with E-state index in [0.717, 1.165) is 5.56 Å². The molecule has 17 heavy (non-hydrogen) atoms. The van der Waals surface area contributed by atoms with E-state index in [-0.39, 0.29) is 0 Å². The Hall–Kier alpha value is -1.11. The topological polar surface area (TPSA) is 42.0 Å². The van der Waals surface area contributed by atoms with Gasteiger partial charge in [0.1, 0.15) is 4.60 Å². The number of carbonyl (C=O) groups is 1. The minimum atomic E-state index is -4.31. The van der Waals surface area contributed by atoms with Crippen molar-refractivity contribution in [2.45, 2.75) is 25.9 Å². The second kappa shape index (κ2) is 5.48. The molecule has 0 atom stereocenters. The van der Waals surface area contributed by atoms with Crippen molar-refractivity contribution in [3.8, 4) is 0 Å². The number of aryl methyl sites for hydroxylation is 1. The van der Waals surface area contributed by atoms with E-state index in [1.807, 2.05) is 0 Å². The summed E-state index contributed by atoms with van der Waals surface area (Å²) in [6, 6.07) is 1.63. The lowest BCUT2D eigenvalue weighted by Crippen LogP contribution is -2.16. The van der Waals surface area contributed by atoms with Crippen molar-refractivity contribution >= 4 is 27.5 Å². The monoisotopic (exact) mass is 310 g/mol. The standard InChI is InChI=1S/C10H10BrF3N2O/c1-6-4-7(5-15-9(6)11)16-8(17)2-3-10(12,13)14/h4-5H,2-3H2,1H3,(H,16,17). The summed E-state index contributed by atoms with van der Waals surface area (Å²) in [6.07, 6.45) is -4.64. The van der Waals surface area contributed by atoms with Crippen LogP contribution in [0.4, 0.5) is 18.9 Å². The summed E-state index contributed by atoms with van der Waals surface area (Å²) in [5.41, 5.74) is 1.18. The highest BCUT2D eigenvalue weighted by atomic mass is 79.9. The Morgan fingerprint density at radius 3 is 2.71 bits per heavy atom. The molecule has 0 saturated carbocycles. The van der Waals surface area contributed by atoms with Gasteiger partial charge in [0, 0.05) is 6.42 Å². The first kappa shape index (κ1) is 14.0. The molecule has 0 spiro atoms. The fourth-order valence-electron chi connectivity index (χ4n) is 1.11. The normalized spacial score (nSPS) is 11.4. The van der Waals surface area contributed by atoms with E-state index in [1.165, 1.54) is 6.20 Å². The van der Waals surface area contributed by atoms with E-state index >= 15 is 0 Å². The maximum absolute atomic E-state index is 11.9. The summed E-state index contributed by atoms with van der Waals surface area (Å²) in [4.78, 5) is 15.1. The molecule has 0 radical (unpaired) electrons. The maximum atomic E-state index is 11.9. The number of carbonyl (C=O) groups excluding carboxylic acids is 1. The molecule has 0 unspecified atom stereocenters. The maximum Gasteiger partial charge on any atom is 0.389 e. The van der Waals surface area contributed by atoms with Gasteiger partial charge in [-0.1, -0.05) is 0 Å². The fraction of sp³-hybridized carbons (Fsp3) is 0.400. The first-order valence-electron chi connectivity index (χ1n) is 4.76. The lowest BCUT2D eigenvalue weighted by atomic mass is 10.2. The Balaban J connectivity index is 2.54. The summed E-state index contributed by atoms with van der Waals surface area (Å²) >= 11 is 3.18.